The van der Waals surface area contributed by atoms with Gasteiger partial charge in [-0.25, -0.2) is 4.39 Å². The van der Waals surface area contributed by atoms with Crippen LogP contribution in [0.15, 0.2) is 18.2 Å². The third-order valence-electron chi connectivity index (χ3n) is 2.37. The van der Waals surface area contributed by atoms with E-state index in [0.29, 0.717) is 18.7 Å². The summed E-state index contributed by atoms with van der Waals surface area (Å²) >= 11 is 0. The van der Waals surface area contributed by atoms with Crippen molar-refractivity contribution in [3.63, 3.8) is 0 Å². The Hall–Kier alpha value is -1.13. The van der Waals surface area contributed by atoms with Gasteiger partial charge < -0.3 is 15.3 Å². The van der Waals surface area contributed by atoms with E-state index in [1.54, 1.807) is 19.1 Å². The molecule has 1 aromatic rings. The molecular weight excluding hydrogens is 207 g/mol. The van der Waals surface area contributed by atoms with Crippen LogP contribution in [0, 0.1) is 12.7 Å². The molecule has 1 aromatic carbocycles. The molecule has 3 nitrogen and oxygen atoms in total. The van der Waals surface area contributed by atoms with Crippen molar-refractivity contribution in [2.24, 2.45) is 0 Å². The Morgan fingerprint density at radius 2 is 2.12 bits per heavy atom. The molecule has 0 fully saturated rings. The van der Waals surface area contributed by atoms with Gasteiger partial charge in [-0.15, -0.1) is 0 Å². The lowest BCUT2D eigenvalue weighted by Gasteiger charge is -2.17. The van der Waals surface area contributed by atoms with E-state index < -0.39 is 6.10 Å². The molecule has 0 aromatic heterocycles. The van der Waals surface area contributed by atoms with Crippen LogP contribution < -0.4 is 5.32 Å². The van der Waals surface area contributed by atoms with Gasteiger partial charge in [0.05, 0.1) is 6.10 Å². The van der Waals surface area contributed by atoms with Gasteiger partial charge in [-0.2, -0.15) is 0 Å². The van der Waals surface area contributed by atoms with Gasteiger partial charge in [0.2, 0.25) is 0 Å². The minimum atomic E-state index is -0.460. The third-order valence-corrected chi connectivity index (χ3v) is 2.37. The van der Waals surface area contributed by atoms with Gasteiger partial charge >= 0.3 is 0 Å². The molecule has 0 aliphatic carbocycles. The summed E-state index contributed by atoms with van der Waals surface area (Å²) in [5.74, 6) is -0.230. The predicted octanol–water partition coefficient (Wildman–Crippen LogP) is 1.47. The molecule has 2 N–H and O–H groups in total. The predicted molar refractivity (Wildman–Crippen MR) is 64.2 cm³/mol. The highest BCUT2D eigenvalue weighted by Gasteiger charge is 2.07. The van der Waals surface area contributed by atoms with Crippen molar-refractivity contribution >= 4 is 5.69 Å². The number of hydrogen-bond donors (Lipinski definition) is 2. The lowest BCUT2D eigenvalue weighted by atomic mass is 10.2. The van der Waals surface area contributed by atoms with Gasteiger partial charge in [-0.1, -0.05) is 6.07 Å². The zero-order chi connectivity index (χ0) is 12.1. The molecule has 0 aliphatic heterocycles. The zero-order valence-corrected chi connectivity index (χ0v) is 10.00. The summed E-state index contributed by atoms with van der Waals surface area (Å²) in [6.07, 6.45) is -0.460. The Morgan fingerprint density at radius 3 is 2.75 bits per heavy atom. The second-order valence-electron chi connectivity index (χ2n) is 4.21. The summed E-state index contributed by atoms with van der Waals surface area (Å²) in [5.41, 5.74) is 1.32. The summed E-state index contributed by atoms with van der Waals surface area (Å²) in [6, 6.07) is 4.89. The van der Waals surface area contributed by atoms with Crippen LogP contribution in [0.4, 0.5) is 10.1 Å². The average molecular weight is 226 g/mol. The Bertz CT molecular complexity index is 342. The van der Waals surface area contributed by atoms with Gasteiger partial charge in [-0.3, -0.25) is 0 Å². The van der Waals surface area contributed by atoms with E-state index in [9.17, 15) is 9.50 Å². The van der Waals surface area contributed by atoms with E-state index in [1.165, 1.54) is 6.07 Å². The molecule has 1 unspecified atom stereocenters. The number of likely N-dealkylation sites (N-methyl/N-ethyl adjacent to an activating group) is 1. The van der Waals surface area contributed by atoms with Crippen LogP contribution in [-0.4, -0.2) is 43.3 Å². The van der Waals surface area contributed by atoms with Crippen molar-refractivity contribution in [1.82, 2.24) is 4.90 Å². The number of nitrogens with zero attached hydrogens (tertiary/aromatic N) is 1. The Balaban J connectivity index is 2.51. The van der Waals surface area contributed by atoms with E-state index in [-0.39, 0.29) is 5.82 Å². The fraction of sp³-hybridized carbons (Fsp3) is 0.500. The largest absolute Gasteiger partial charge is 0.390 e. The second kappa shape index (κ2) is 5.82. The Labute approximate surface area is 95.9 Å². The molecule has 0 heterocycles. The van der Waals surface area contributed by atoms with Crippen LogP contribution >= 0.6 is 0 Å². The molecule has 1 atom stereocenters. The number of benzene rings is 1. The van der Waals surface area contributed by atoms with E-state index in [1.807, 2.05) is 19.0 Å². The van der Waals surface area contributed by atoms with E-state index in [2.05, 4.69) is 5.32 Å². The first kappa shape index (κ1) is 12.9. The van der Waals surface area contributed by atoms with Crippen molar-refractivity contribution < 1.29 is 9.50 Å². The lowest BCUT2D eigenvalue weighted by molar-refractivity contribution is 0.148. The standard InChI is InChI=1S/C12H19FN2O/c1-9-11(13)5-4-6-12(9)14-7-10(16)8-15(2)3/h4-6,10,14,16H,7-8H2,1-3H3. The number of nitrogens with one attached hydrogen (secondary N) is 1. The van der Waals surface area contributed by atoms with Crippen molar-refractivity contribution in [2.75, 3.05) is 32.5 Å². The molecule has 0 saturated heterocycles. The van der Waals surface area contributed by atoms with Crippen LogP contribution in [0.3, 0.4) is 0 Å². The normalized spacial score (nSPS) is 12.9. The average Bonchev–Trinajstić information content (AvgIpc) is 2.19. The summed E-state index contributed by atoms with van der Waals surface area (Å²) in [5, 5.41) is 12.7. The fourth-order valence-corrected chi connectivity index (χ4v) is 1.51. The molecule has 0 aliphatic rings. The van der Waals surface area contributed by atoms with Crippen LogP contribution in [0.1, 0.15) is 5.56 Å². The molecule has 0 radical (unpaired) electrons. The first-order chi connectivity index (χ1) is 7.50. The van der Waals surface area contributed by atoms with E-state index in [4.69, 9.17) is 0 Å². The maximum absolute atomic E-state index is 13.2. The van der Waals surface area contributed by atoms with Crippen LogP contribution in [0.5, 0.6) is 0 Å². The first-order valence-electron chi connectivity index (χ1n) is 5.32. The quantitative estimate of drug-likeness (QED) is 0.798. The van der Waals surface area contributed by atoms with E-state index in [0.717, 1.165) is 5.69 Å². The molecule has 0 saturated carbocycles. The highest BCUT2D eigenvalue weighted by molar-refractivity contribution is 5.50. The molecule has 90 valence electrons. The van der Waals surface area contributed by atoms with Gasteiger partial charge in [0, 0.05) is 24.3 Å². The minimum absolute atomic E-state index is 0.230. The van der Waals surface area contributed by atoms with Gasteiger partial charge in [0.1, 0.15) is 5.82 Å². The summed E-state index contributed by atoms with van der Waals surface area (Å²) in [7, 11) is 3.80. The monoisotopic (exact) mass is 226 g/mol. The summed E-state index contributed by atoms with van der Waals surface area (Å²) in [4.78, 5) is 1.91. The molecule has 4 heteroatoms. The minimum Gasteiger partial charge on any atom is -0.390 e. The second-order valence-corrected chi connectivity index (χ2v) is 4.21. The maximum atomic E-state index is 13.2. The van der Waals surface area contributed by atoms with Gasteiger partial charge in [0.15, 0.2) is 0 Å². The number of aliphatic hydroxyl groups is 1. The van der Waals surface area contributed by atoms with Crippen LogP contribution in [-0.2, 0) is 0 Å². The first-order valence-corrected chi connectivity index (χ1v) is 5.32. The van der Waals surface area contributed by atoms with E-state index >= 15 is 0 Å². The Kier molecular flexibility index (Phi) is 4.71. The number of hydrogen-bond acceptors (Lipinski definition) is 3. The Morgan fingerprint density at radius 1 is 1.44 bits per heavy atom. The van der Waals surface area contributed by atoms with Crippen LogP contribution in [0.2, 0.25) is 0 Å². The maximum Gasteiger partial charge on any atom is 0.128 e. The molecule has 16 heavy (non-hydrogen) atoms. The lowest BCUT2D eigenvalue weighted by Crippen LogP contribution is -2.31. The van der Waals surface area contributed by atoms with Crippen molar-refractivity contribution in [1.29, 1.82) is 0 Å². The zero-order valence-electron chi connectivity index (χ0n) is 10.00. The molecular formula is C12H19FN2O. The topological polar surface area (TPSA) is 35.5 Å². The summed E-state index contributed by atoms with van der Waals surface area (Å²) < 4.78 is 13.2. The number of rotatable bonds is 5. The van der Waals surface area contributed by atoms with Crippen LogP contribution in [0.25, 0.3) is 0 Å². The molecule has 0 spiro atoms. The van der Waals surface area contributed by atoms with Crippen molar-refractivity contribution in [2.45, 2.75) is 13.0 Å². The number of halogens is 1. The number of aliphatic hydroxyl groups excluding tert-OH is 1. The molecule has 0 amide bonds. The molecule has 1 rings (SSSR count). The SMILES string of the molecule is Cc1c(F)cccc1NCC(O)CN(C)C. The third kappa shape index (κ3) is 3.79. The van der Waals surface area contributed by atoms with Crippen molar-refractivity contribution in [3.8, 4) is 0 Å². The molecule has 0 bridgehead atoms. The highest BCUT2D eigenvalue weighted by atomic mass is 19.1. The fourth-order valence-electron chi connectivity index (χ4n) is 1.51. The highest BCUT2D eigenvalue weighted by Crippen LogP contribution is 2.17. The van der Waals surface area contributed by atoms with Crippen molar-refractivity contribution in [3.05, 3.63) is 29.6 Å². The van der Waals surface area contributed by atoms with Gasteiger partial charge in [-0.05, 0) is 33.2 Å². The smallest absolute Gasteiger partial charge is 0.128 e. The van der Waals surface area contributed by atoms with Gasteiger partial charge in [0.25, 0.3) is 0 Å². The number of anilines is 1. The summed E-state index contributed by atoms with van der Waals surface area (Å²) in [6.45, 7) is 2.72.